The van der Waals surface area contributed by atoms with E-state index in [2.05, 4.69) is 10.2 Å². The predicted molar refractivity (Wildman–Crippen MR) is 95.9 cm³/mol. The van der Waals surface area contributed by atoms with Gasteiger partial charge in [-0.3, -0.25) is 9.89 Å². The van der Waals surface area contributed by atoms with Crippen LogP contribution in [-0.2, 0) is 17.8 Å². The Morgan fingerprint density at radius 3 is 2.88 bits per heavy atom. The molecular weight excluding hydrogens is 338 g/mol. The van der Waals surface area contributed by atoms with Crippen molar-refractivity contribution in [2.45, 2.75) is 13.0 Å². The zero-order valence-electron chi connectivity index (χ0n) is 13.4. The summed E-state index contributed by atoms with van der Waals surface area (Å²) in [6, 6.07) is 11.2. The van der Waals surface area contributed by atoms with Crippen LogP contribution < -0.4 is 0 Å². The van der Waals surface area contributed by atoms with Crippen molar-refractivity contribution in [3.8, 4) is 11.3 Å². The fraction of sp³-hybridized carbons (Fsp3) is 0.158. The summed E-state index contributed by atoms with van der Waals surface area (Å²) >= 11 is 5.96. The van der Waals surface area contributed by atoms with Crippen molar-refractivity contribution in [3.05, 3.63) is 70.8 Å². The molecule has 0 fully saturated rings. The maximum Gasteiger partial charge on any atom is 0.247 e. The summed E-state index contributed by atoms with van der Waals surface area (Å²) in [5.74, 6) is 0.626. The lowest BCUT2D eigenvalue weighted by molar-refractivity contribution is -0.126. The molecule has 2 aromatic heterocycles. The molecule has 5 nitrogen and oxygen atoms in total. The van der Waals surface area contributed by atoms with Crippen molar-refractivity contribution in [1.82, 2.24) is 15.1 Å². The number of furan rings is 1. The summed E-state index contributed by atoms with van der Waals surface area (Å²) in [7, 11) is 0. The van der Waals surface area contributed by atoms with Gasteiger partial charge in [-0.15, -0.1) is 0 Å². The number of carbonyl (C=O) groups is 1. The molecule has 4 rings (SSSR count). The Kier molecular flexibility index (Phi) is 4.15. The minimum atomic E-state index is -0.0368. The van der Waals surface area contributed by atoms with Crippen LogP contribution in [0, 0.1) is 0 Å². The number of H-pyrrole nitrogens is 1. The summed E-state index contributed by atoms with van der Waals surface area (Å²) in [4.78, 5) is 14.3. The quantitative estimate of drug-likeness (QED) is 0.726. The molecule has 25 heavy (non-hydrogen) atoms. The fourth-order valence-electron chi connectivity index (χ4n) is 2.97. The van der Waals surface area contributed by atoms with E-state index in [0.29, 0.717) is 23.9 Å². The van der Waals surface area contributed by atoms with E-state index in [1.165, 1.54) is 0 Å². The number of fused-ring (bicyclic) bond motifs is 1. The first-order chi connectivity index (χ1) is 12.2. The molecule has 1 N–H and O–H groups in total. The van der Waals surface area contributed by atoms with Crippen LogP contribution >= 0.6 is 11.6 Å². The highest BCUT2D eigenvalue weighted by molar-refractivity contribution is 6.30. The highest BCUT2D eigenvalue weighted by Gasteiger charge is 2.24. The van der Waals surface area contributed by atoms with E-state index in [-0.39, 0.29) is 5.91 Å². The first-order valence-electron chi connectivity index (χ1n) is 8.03. The highest BCUT2D eigenvalue weighted by atomic mass is 35.5. The van der Waals surface area contributed by atoms with E-state index < -0.39 is 0 Å². The molecule has 0 radical (unpaired) electrons. The SMILES string of the molecule is O=C(/C=C/c1ccco1)N1CCc2[nH]nc(-c3ccc(Cl)cc3)c2C1. The van der Waals surface area contributed by atoms with Gasteiger partial charge in [-0.25, -0.2) is 0 Å². The molecule has 0 saturated heterocycles. The summed E-state index contributed by atoms with van der Waals surface area (Å²) in [5, 5.41) is 8.23. The predicted octanol–water partition coefficient (Wildman–Crippen LogP) is 3.92. The van der Waals surface area contributed by atoms with Crippen LogP contribution in [0.15, 0.2) is 53.2 Å². The molecule has 3 heterocycles. The first-order valence-corrected chi connectivity index (χ1v) is 8.41. The molecule has 126 valence electrons. The van der Waals surface area contributed by atoms with Gasteiger partial charge in [-0.2, -0.15) is 5.10 Å². The number of nitrogens with zero attached hydrogens (tertiary/aromatic N) is 2. The van der Waals surface area contributed by atoms with Gasteiger partial charge in [-0.1, -0.05) is 23.7 Å². The smallest absolute Gasteiger partial charge is 0.247 e. The molecule has 1 amide bonds. The Hall–Kier alpha value is -2.79. The van der Waals surface area contributed by atoms with Crippen LogP contribution in [0.5, 0.6) is 0 Å². The molecule has 0 bridgehead atoms. The Morgan fingerprint density at radius 1 is 1.28 bits per heavy atom. The van der Waals surface area contributed by atoms with Crippen molar-refractivity contribution in [3.63, 3.8) is 0 Å². The van der Waals surface area contributed by atoms with Crippen LogP contribution in [0.3, 0.4) is 0 Å². The maximum atomic E-state index is 12.5. The topological polar surface area (TPSA) is 62.1 Å². The van der Waals surface area contributed by atoms with Gasteiger partial charge in [0, 0.05) is 47.4 Å². The molecule has 3 aromatic rings. The fourth-order valence-corrected chi connectivity index (χ4v) is 3.10. The van der Waals surface area contributed by atoms with Crippen LogP contribution in [0.4, 0.5) is 0 Å². The largest absolute Gasteiger partial charge is 0.465 e. The average molecular weight is 354 g/mol. The highest BCUT2D eigenvalue weighted by Crippen LogP contribution is 2.29. The number of amides is 1. The lowest BCUT2D eigenvalue weighted by Gasteiger charge is -2.26. The summed E-state index contributed by atoms with van der Waals surface area (Å²) in [6.07, 6.45) is 5.58. The lowest BCUT2D eigenvalue weighted by atomic mass is 10.0. The van der Waals surface area contributed by atoms with Crippen LogP contribution in [0.25, 0.3) is 17.3 Å². The van der Waals surface area contributed by atoms with Crippen molar-refractivity contribution >= 4 is 23.6 Å². The van der Waals surface area contributed by atoms with E-state index in [4.69, 9.17) is 16.0 Å². The number of hydrogen-bond acceptors (Lipinski definition) is 3. The second-order valence-corrected chi connectivity index (χ2v) is 6.33. The number of aromatic nitrogens is 2. The number of hydrogen-bond donors (Lipinski definition) is 1. The van der Waals surface area contributed by atoms with Crippen LogP contribution in [-0.4, -0.2) is 27.5 Å². The van der Waals surface area contributed by atoms with Crippen molar-refractivity contribution in [2.24, 2.45) is 0 Å². The molecule has 1 aliphatic rings. The van der Waals surface area contributed by atoms with Gasteiger partial charge in [0.05, 0.1) is 12.0 Å². The van der Waals surface area contributed by atoms with E-state index in [9.17, 15) is 4.79 Å². The molecular formula is C19H16ClN3O2. The van der Waals surface area contributed by atoms with Crippen molar-refractivity contribution < 1.29 is 9.21 Å². The van der Waals surface area contributed by atoms with Gasteiger partial charge < -0.3 is 9.32 Å². The van der Waals surface area contributed by atoms with Crippen LogP contribution in [0.2, 0.25) is 5.02 Å². The minimum absolute atomic E-state index is 0.0368. The molecule has 0 aliphatic carbocycles. The number of carbonyl (C=O) groups excluding carboxylic acids is 1. The molecule has 1 aromatic carbocycles. The van der Waals surface area contributed by atoms with E-state index in [0.717, 1.165) is 28.9 Å². The molecule has 6 heteroatoms. The third-order valence-corrected chi connectivity index (χ3v) is 4.55. The monoisotopic (exact) mass is 353 g/mol. The summed E-state index contributed by atoms with van der Waals surface area (Å²) in [5.41, 5.74) is 4.01. The summed E-state index contributed by atoms with van der Waals surface area (Å²) < 4.78 is 5.22. The standard InChI is InChI=1S/C19H16ClN3O2/c20-14-5-3-13(4-6-14)19-16-12-23(10-9-17(16)21-22-19)18(24)8-7-15-2-1-11-25-15/h1-8,11H,9-10,12H2,(H,21,22)/b8-7+. The van der Waals surface area contributed by atoms with Gasteiger partial charge in [-0.05, 0) is 30.3 Å². The number of aromatic amines is 1. The number of benzene rings is 1. The second-order valence-electron chi connectivity index (χ2n) is 5.89. The second kappa shape index (κ2) is 6.61. The molecule has 1 aliphatic heterocycles. The van der Waals surface area contributed by atoms with E-state index in [1.807, 2.05) is 35.2 Å². The number of nitrogens with one attached hydrogen (secondary N) is 1. The molecule has 0 atom stereocenters. The van der Waals surface area contributed by atoms with Gasteiger partial charge in [0.1, 0.15) is 5.76 Å². The van der Waals surface area contributed by atoms with Crippen molar-refractivity contribution in [2.75, 3.05) is 6.54 Å². The number of halogens is 1. The third kappa shape index (κ3) is 3.23. The Morgan fingerprint density at radius 2 is 2.12 bits per heavy atom. The zero-order chi connectivity index (χ0) is 17.2. The van der Waals surface area contributed by atoms with Crippen LogP contribution in [0.1, 0.15) is 17.0 Å². The normalized spacial score (nSPS) is 14.0. The number of rotatable bonds is 3. The van der Waals surface area contributed by atoms with Gasteiger partial charge in [0.15, 0.2) is 0 Å². The van der Waals surface area contributed by atoms with Gasteiger partial charge in [0.2, 0.25) is 5.91 Å². The first kappa shape index (κ1) is 15.7. The molecule has 0 spiro atoms. The Labute approximate surface area is 149 Å². The van der Waals surface area contributed by atoms with Gasteiger partial charge >= 0.3 is 0 Å². The summed E-state index contributed by atoms with van der Waals surface area (Å²) in [6.45, 7) is 1.20. The lowest BCUT2D eigenvalue weighted by Crippen LogP contribution is -2.34. The van der Waals surface area contributed by atoms with E-state index in [1.54, 1.807) is 24.5 Å². The van der Waals surface area contributed by atoms with Crippen molar-refractivity contribution in [1.29, 1.82) is 0 Å². The minimum Gasteiger partial charge on any atom is -0.465 e. The molecule has 0 unspecified atom stereocenters. The third-order valence-electron chi connectivity index (χ3n) is 4.30. The molecule has 0 saturated carbocycles. The van der Waals surface area contributed by atoms with Gasteiger partial charge in [0.25, 0.3) is 0 Å². The Bertz CT molecular complexity index is 911. The Balaban J connectivity index is 1.55. The average Bonchev–Trinajstić information content (AvgIpc) is 3.29. The zero-order valence-corrected chi connectivity index (χ0v) is 14.2. The maximum absolute atomic E-state index is 12.5. The van der Waals surface area contributed by atoms with E-state index >= 15 is 0 Å².